The summed E-state index contributed by atoms with van der Waals surface area (Å²) in [5, 5.41) is 11.1. The summed E-state index contributed by atoms with van der Waals surface area (Å²) in [6.07, 6.45) is 1.96. The third kappa shape index (κ3) is 2.37. The van der Waals surface area contributed by atoms with Crippen molar-refractivity contribution in [3.8, 4) is 0 Å². The second-order valence-corrected chi connectivity index (χ2v) is 7.61. The van der Waals surface area contributed by atoms with Crippen LogP contribution in [0, 0.1) is 0 Å². The first-order valence-corrected chi connectivity index (χ1v) is 10.2. The maximum absolute atomic E-state index is 4.16. The molecule has 142 valence electrons. The van der Waals surface area contributed by atoms with Crippen molar-refractivity contribution in [2.24, 2.45) is 0 Å². The van der Waals surface area contributed by atoms with E-state index in [0.717, 1.165) is 22.5 Å². The van der Waals surface area contributed by atoms with Gasteiger partial charge in [0.1, 0.15) is 0 Å². The fraction of sp³-hybridized carbons (Fsp3) is 0. The molecule has 0 radical (unpaired) electrons. The van der Waals surface area contributed by atoms with E-state index >= 15 is 0 Å². The molecular weight excluding hydrogens is 364 g/mol. The van der Waals surface area contributed by atoms with Crippen LogP contribution in [-0.2, 0) is 0 Å². The monoisotopic (exact) mass is 384 g/mol. The predicted octanol–water partition coefficient (Wildman–Crippen LogP) is 8.01. The van der Waals surface area contributed by atoms with Crippen molar-refractivity contribution < 1.29 is 0 Å². The molecule has 0 spiro atoms. The van der Waals surface area contributed by atoms with E-state index in [1.54, 1.807) is 0 Å². The smallest absolute Gasteiger partial charge is 0.0551 e. The summed E-state index contributed by atoms with van der Waals surface area (Å²) in [7, 11) is 0. The summed E-state index contributed by atoms with van der Waals surface area (Å²) < 4.78 is 0. The molecule has 5 aromatic carbocycles. The number of fused-ring (bicyclic) bond motifs is 8. The lowest BCUT2D eigenvalue weighted by molar-refractivity contribution is 1.53. The van der Waals surface area contributed by atoms with E-state index in [-0.39, 0.29) is 0 Å². The van der Waals surface area contributed by atoms with E-state index in [2.05, 4.69) is 89.7 Å². The molecule has 0 bridgehead atoms. The van der Waals surface area contributed by atoms with Crippen molar-refractivity contribution >= 4 is 60.8 Å². The summed E-state index contributed by atoms with van der Waals surface area (Å²) in [5.41, 5.74) is 5.54. The molecule has 0 saturated carbocycles. The Hall–Kier alpha value is -4.04. The van der Waals surface area contributed by atoms with Crippen LogP contribution in [0.5, 0.6) is 0 Å². The van der Waals surface area contributed by atoms with Crippen molar-refractivity contribution in [1.82, 2.24) is 4.98 Å². The average Bonchev–Trinajstić information content (AvgIpc) is 3.20. The predicted molar refractivity (Wildman–Crippen MR) is 131 cm³/mol. The Labute approximate surface area is 174 Å². The SMILES string of the molecule is C=Cc1c(Nc2ccccc2)ccc2[nH]c3c4ccccc4c4ccccc4c3c12. The summed E-state index contributed by atoms with van der Waals surface area (Å²) in [5.74, 6) is 0. The molecule has 2 N–H and O–H groups in total. The van der Waals surface area contributed by atoms with Gasteiger partial charge in [-0.25, -0.2) is 0 Å². The molecule has 6 rings (SSSR count). The second kappa shape index (κ2) is 6.50. The van der Waals surface area contributed by atoms with Gasteiger partial charge in [0, 0.05) is 38.6 Å². The molecule has 0 atom stereocenters. The Kier molecular flexibility index (Phi) is 3.65. The molecule has 2 nitrogen and oxygen atoms in total. The summed E-state index contributed by atoms with van der Waals surface area (Å²) in [4.78, 5) is 3.70. The van der Waals surface area contributed by atoms with Gasteiger partial charge < -0.3 is 10.3 Å². The number of nitrogens with one attached hydrogen (secondary N) is 2. The summed E-state index contributed by atoms with van der Waals surface area (Å²) in [6, 6.07) is 31.9. The highest BCUT2D eigenvalue weighted by molar-refractivity contribution is 6.32. The molecule has 1 heterocycles. The molecule has 0 aliphatic heterocycles. The van der Waals surface area contributed by atoms with Crippen molar-refractivity contribution in [2.75, 3.05) is 5.32 Å². The van der Waals surface area contributed by atoms with Gasteiger partial charge in [-0.3, -0.25) is 0 Å². The lowest BCUT2D eigenvalue weighted by Crippen LogP contribution is -1.93. The third-order valence-corrected chi connectivity index (χ3v) is 5.95. The molecule has 30 heavy (non-hydrogen) atoms. The minimum absolute atomic E-state index is 1.06. The fourth-order valence-corrected chi connectivity index (χ4v) is 4.66. The van der Waals surface area contributed by atoms with Crippen LogP contribution in [0.4, 0.5) is 11.4 Å². The number of rotatable bonds is 3. The quantitative estimate of drug-likeness (QED) is 0.297. The van der Waals surface area contributed by atoms with Crippen LogP contribution >= 0.6 is 0 Å². The number of aromatic nitrogens is 1. The fourth-order valence-electron chi connectivity index (χ4n) is 4.66. The van der Waals surface area contributed by atoms with Crippen molar-refractivity contribution in [3.05, 3.63) is 103 Å². The van der Waals surface area contributed by atoms with E-state index in [1.165, 1.54) is 37.8 Å². The van der Waals surface area contributed by atoms with Crippen LogP contribution in [0.1, 0.15) is 5.56 Å². The highest BCUT2D eigenvalue weighted by Gasteiger charge is 2.16. The zero-order chi connectivity index (χ0) is 20.1. The molecule has 0 aliphatic rings. The van der Waals surface area contributed by atoms with E-state index in [0.29, 0.717) is 0 Å². The Bertz CT molecular complexity index is 1570. The average molecular weight is 384 g/mol. The van der Waals surface area contributed by atoms with Gasteiger partial charge in [0.15, 0.2) is 0 Å². The normalized spacial score (nSPS) is 11.5. The summed E-state index contributed by atoms with van der Waals surface area (Å²) in [6.45, 7) is 4.16. The largest absolute Gasteiger partial charge is 0.355 e. The van der Waals surface area contributed by atoms with Gasteiger partial charge in [0.25, 0.3) is 0 Å². The highest BCUT2D eigenvalue weighted by atomic mass is 14.9. The van der Waals surface area contributed by atoms with Crippen LogP contribution < -0.4 is 5.32 Å². The van der Waals surface area contributed by atoms with E-state index in [9.17, 15) is 0 Å². The van der Waals surface area contributed by atoms with Crippen molar-refractivity contribution in [2.45, 2.75) is 0 Å². The van der Waals surface area contributed by atoms with Crippen LogP contribution in [0.15, 0.2) is 97.6 Å². The van der Waals surface area contributed by atoms with Crippen LogP contribution in [0.3, 0.4) is 0 Å². The number of H-pyrrole nitrogens is 1. The molecule has 2 heteroatoms. The zero-order valence-corrected chi connectivity index (χ0v) is 16.4. The zero-order valence-electron chi connectivity index (χ0n) is 16.4. The topological polar surface area (TPSA) is 27.8 Å². The molecule has 1 aromatic heterocycles. The molecule has 6 aromatic rings. The maximum atomic E-state index is 4.16. The Morgan fingerprint density at radius 2 is 1.27 bits per heavy atom. The molecule has 0 unspecified atom stereocenters. The van der Waals surface area contributed by atoms with Crippen LogP contribution in [0.2, 0.25) is 0 Å². The van der Waals surface area contributed by atoms with Crippen LogP contribution in [-0.4, -0.2) is 4.98 Å². The van der Waals surface area contributed by atoms with Gasteiger partial charge in [-0.15, -0.1) is 0 Å². The number of anilines is 2. The molecule has 0 fully saturated rings. The first-order chi connectivity index (χ1) is 14.8. The number of benzene rings is 5. The number of para-hydroxylation sites is 1. The van der Waals surface area contributed by atoms with E-state index < -0.39 is 0 Å². The molecule has 0 amide bonds. The van der Waals surface area contributed by atoms with Gasteiger partial charge in [-0.05, 0) is 40.4 Å². The number of hydrogen-bond donors (Lipinski definition) is 2. The second-order valence-electron chi connectivity index (χ2n) is 7.61. The number of hydrogen-bond acceptors (Lipinski definition) is 1. The number of aromatic amines is 1. The van der Waals surface area contributed by atoms with E-state index in [1.807, 2.05) is 24.3 Å². The summed E-state index contributed by atoms with van der Waals surface area (Å²) >= 11 is 0. The lowest BCUT2D eigenvalue weighted by Gasteiger charge is -2.12. The highest BCUT2D eigenvalue weighted by Crippen LogP contribution is 2.42. The van der Waals surface area contributed by atoms with Gasteiger partial charge >= 0.3 is 0 Å². The molecular formula is C28H20N2. The van der Waals surface area contributed by atoms with Gasteiger partial charge in [0.2, 0.25) is 0 Å². The lowest BCUT2D eigenvalue weighted by atomic mass is 9.95. The minimum Gasteiger partial charge on any atom is -0.355 e. The van der Waals surface area contributed by atoms with Gasteiger partial charge in [0.05, 0.1) is 5.52 Å². The third-order valence-electron chi connectivity index (χ3n) is 5.95. The Morgan fingerprint density at radius 1 is 0.633 bits per heavy atom. The van der Waals surface area contributed by atoms with Crippen molar-refractivity contribution in [1.29, 1.82) is 0 Å². The molecule has 0 aliphatic carbocycles. The van der Waals surface area contributed by atoms with Gasteiger partial charge in [-0.2, -0.15) is 0 Å². The first-order valence-electron chi connectivity index (χ1n) is 10.2. The van der Waals surface area contributed by atoms with Crippen molar-refractivity contribution in [3.63, 3.8) is 0 Å². The van der Waals surface area contributed by atoms with Gasteiger partial charge in [-0.1, -0.05) is 79.4 Å². The Morgan fingerprint density at radius 3 is 2.00 bits per heavy atom. The molecule has 0 saturated heterocycles. The minimum atomic E-state index is 1.06. The Balaban J connectivity index is 1.78. The van der Waals surface area contributed by atoms with Crippen LogP contribution in [0.25, 0.3) is 49.4 Å². The maximum Gasteiger partial charge on any atom is 0.0551 e. The first kappa shape index (κ1) is 16.9. The van der Waals surface area contributed by atoms with E-state index in [4.69, 9.17) is 0 Å². The standard InChI is InChI=1S/C28H20N2/c1-2-19-24(29-18-10-4-3-5-11-18)16-17-25-26(19)27-22-14-8-6-12-20(22)21-13-7-9-15-23(21)28(27)30-25/h2-17,29-30H,1H2.